The Hall–Kier alpha value is -2.90. The van der Waals surface area contributed by atoms with E-state index in [1.807, 2.05) is 26.0 Å². The summed E-state index contributed by atoms with van der Waals surface area (Å²) in [5, 5.41) is 7.18. The second-order valence-corrected chi connectivity index (χ2v) is 5.42. The molecule has 0 unspecified atom stereocenters. The van der Waals surface area contributed by atoms with E-state index >= 15 is 0 Å². The largest absolute Gasteiger partial charge is 0.464 e. The summed E-state index contributed by atoms with van der Waals surface area (Å²) in [7, 11) is 1.71. The number of rotatable bonds is 4. The molecule has 0 fully saturated rings. The average Bonchev–Trinajstić information content (AvgIpc) is 3.09. The number of fused-ring (bicyclic) bond motifs is 1. The topological polar surface area (TPSA) is 95.0 Å². The van der Waals surface area contributed by atoms with Crippen molar-refractivity contribution < 1.29 is 9.21 Å². The molecule has 0 saturated heterocycles. The lowest BCUT2D eigenvalue weighted by Crippen LogP contribution is -2.33. The van der Waals surface area contributed by atoms with Crippen LogP contribution in [0.15, 0.2) is 33.9 Å². The number of carbonyl (C=O) groups excluding carboxylic acids is 1. The first-order valence-electron chi connectivity index (χ1n) is 7.18. The van der Waals surface area contributed by atoms with E-state index in [1.54, 1.807) is 7.05 Å². The van der Waals surface area contributed by atoms with Crippen LogP contribution in [0.1, 0.15) is 24.5 Å². The number of aryl methyl sites for hydroxylation is 2. The minimum absolute atomic E-state index is 0.110. The summed E-state index contributed by atoms with van der Waals surface area (Å²) < 4.78 is 8.25. The van der Waals surface area contributed by atoms with Gasteiger partial charge in [-0.3, -0.25) is 18.8 Å². The van der Waals surface area contributed by atoms with Crippen molar-refractivity contribution in [3.63, 3.8) is 0 Å². The first kappa shape index (κ1) is 15.0. The molecule has 23 heavy (non-hydrogen) atoms. The van der Waals surface area contributed by atoms with Crippen LogP contribution in [-0.2, 0) is 18.4 Å². The molecule has 0 aliphatic carbocycles. The molecule has 0 aliphatic heterocycles. The highest BCUT2D eigenvalue weighted by molar-refractivity contribution is 5.77. The van der Waals surface area contributed by atoms with Gasteiger partial charge >= 0.3 is 0 Å². The molecule has 0 spiro atoms. The van der Waals surface area contributed by atoms with Crippen LogP contribution in [0.25, 0.3) is 11.0 Å². The normalized spacial score (nSPS) is 12.5. The third-order valence-corrected chi connectivity index (χ3v) is 3.60. The van der Waals surface area contributed by atoms with Gasteiger partial charge in [-0.1, -0.05) is 0 Å². The molecule has 0 bridgehead atoms. The number of hydrogen-bond acceptors (Lipinski definition) is 5. The second kappa shape index (κ2) is 5.71. The fraction of sp³-hybridized carbons (Fsp3) is 0.333. The number of aromatic nitrogens is 4. The fourth-order valence-electron chi connectivity index (χ4n) is 2.38. The van der Waals surface area contributed by atoms with Crippen LogP contribution in [0.5, 0.6) is 0 Å². The lowest BCUT2D eigenvalue weighted by molar-refractivity contribution is -0.122. The van der Waals surface area contributed by atoms with Crippen molar-refractivity contribution in [2.24, 2.45) is 7.05 Å². The van der Waals surface area contributed by atoms with Crippen molar-refractivity contribution >= 4 is 16.9 Å². The number of furan rings is 1. The molecule has 0 radical (unpaired) electrons. The molecule has 0 saturated carbocycles. The number of nitrogens with zero attached hydrogens (tertiary/aromatic N) is 4. The summed E-state index contributed by atoms with van der Waals surface area (Å²) in [6, 6.07) is 3.38. The zero-order valence-corrected chi connectivity index (χ0v) is 13.1. The quantitative estimate of drug-likeness (QED) is 0.772. The monoisotopic (exact) mass is 315 g/mol. The predicted molar refractivity (Wildman–Crippen MR) is 82.8 cm³/mol. The van der Waals surface area contributed by atoms with Crippen LogP contribution in [0, 0.1) is 6.92 Å². The molecular weight excluding hydrogens is 298 g/mol. The van der Waals surface area contributed by atoms with Crippen LogP contribution in [0.3, 0.4) is 0 Å². The third-order valence-electron chi connectivity index (χ3n) is 3.60. The van der Waals surface area contributed by atoms with Gasteiger partial charge in [-0.05, 0) is 26.0 Å². The van der Waals surface area contributed by atoms with Crippen molar-refractivity contribution in [2.45, 2.75) is 26.4 Å². The van der Waals surface area contributed by atoms with Gasteiger partial charge in [0.25, 0.3) is 5.56 Å². The zero-order chi connectivity index (χ0) is 16.6. The van der Waals surface area contributed by atoms with E-state index < -0.39 is 0 Å². The lowest BCUT2D eigenvalue weighted by atomic mass is 10.2. The zero-order valence-electron chi connectivity index (χ0n) is 13.1. The predicted octanol–water partition coefficient (Wildman–Crippen LogP) is 0.909. The van der Waals surface area contributed by atoms with E-state index in [4.69, 9.17) is 4.42 Å². The Bertz CT molecular complexity index is 921. The molecule has 1 N–H and O–H groups in total. The van der Waals surface area contributed by atoms with Gasteiger partial charge in [-0.2, -0.15) is 5.10 Å². The summed E-state index contributed by atoms with van der Waals surface area (Å²) in [4.78, 5) is 28.6. The lowest BCUT2D eigenvalue weighted by Gasteiger charge is -2.12. The standard InChI is InChI=1S/C15H17N5O3/c1-9-4-5-12(23-9)10(2)18-13(21)7-20-8-16-14-11(15(20)22)6-17-19(14)3/h4-6,8,10H,7H2,1-3H3,(H,18,21)/t10-/m1/s1. The molecule has 3 heterocycles. The molecule has 0 aromatic carbocycles. The molecule has 8 nitrogen and oxygen atoms in total. The first-order valence-corrected chi connectivity index (χ1v) is 7.18. The summed E-state index contributed by atoms with van der Waals surface area (Å²) in [6.07, 6.45) is 2.81. The fourth-order valence-corrected chi connectivity index (χ4v) is 2.38. The van der Waals surface area contributed by atoms with Crippen molar-refractivity contribution in [3.05, 3.63) is 46.5 Å². The van der Waals surface area contributed by atoms with E-state index in [-0.39, 0.29) is 24.1 Å². The summed E-state index contributed by atoms with van der Waals surface area (Å²) >= 11 is 0. The highest BCUT2D eigenvalue weighted by Crippen LogP contribution is 2.15. The SMILES string of the molecule is Cc1ccc([C@@H](C)NC(=O)Cn2cnc3c(cnn3C)c2=O)o1. The number of nitrogens with one attached hydrogen (secondary N) is 1. The molecule has 120 valence electrons. The van der Waals surface area contributed by atoms with Gasteiger partial charge in [0.15, 0.2) is 5.65 Å². The Morgan fingerprint density at radius 2 is 2.22 bits per heavy atom. The highest BCUT2D eigenvalue weighted by Gasteiger charge is 2.15. The van der Waals surface area contributed by atoms with E-state index in [9.17, 15) is 9.59 Å². The molecule has 3 aromatic heterocycles. The van der Waals surface area contributed by atoms with Crippen molar-refractivity contribution in [1.82, 2.24) is 24.6 Å². The number of carbonyl (C=O) groups is 1. The Kier molecular flexibility index (Phi) is 3.73. The Balaban J connectivity index is 1.75. The van der Waals surface area contributed by atoms with Crippen LogP contribution in [0.4, 0.5) is 0 Å². The van der Waals surface area contributed by atoms with Gasteiger partial charge in [0.1, 0.15) is 29.8 Å². The number of amides is 1. The van der Waals surface area contributed by atoms with Gasteiger partial charge in [0.05, 0.1) is 12.2 Å². The van der Waals surface area contributed by atoms with E-state index in [2.05, 4.69) is 15.4 Å². The molecular formula is C15H17N5O3. The number of hydrogen-bond donors (Lipinski definition) is 1. The van der Waals surface area contributed by atoms with Gasteiger partial charge < -0.3 is 9.73 Å². The van der Waals surface area contributed by atoms with Crippen molar-refractivity contribution in [1.29, 1.82) is 0 Å². The Labute approximate surface area is 131 Å². The molecule has 8 heteroatoms. The smallest absolute Gasteiger partial charge is 0.264 e. The van der Waals surface area contributed by atoms with Crippen LogP contribution in [-0.4, -0.2) is 25.2 Å². The van der Waals surface area contributed by atoms with Gasteiger partial charge in [0, 0.05) is 7.05 Å². The summed E-state index contributed by atoms with van der Waals surface area (Å²) in [6.45, 7) is 3.55. The van der Waals surface area contributed by atoms with Gasteiger partial charge in [0.2, 0.25) is 5.91 Å². The molecule has 3 rings (SSSR count). The average molecular weight is 315 g/mol. The molecule has 1 amide bonds. The summed E-state index contributed by atoms with van der Waals surface area (Å²) in [5.74, 6) is 1.16. The van der Waals surface area contributed by atoms with Crippen molar-refractivity contribution in [2.75, 3.05) is 0 Å². The van der Waals surface area contributed by atoms with E-state index in [0.717, 1.165) is 5.76 Å². The maximum atomic E-state index is 12.3. The first-order chi connectivity index (χ1) is 11.0. The maximum Gasteiger partial charge on any atom is 0.264 e. The van der Waals surface area contributed by atoms with Crippen LogP contribution < -0.4 is 10.9 Å². The van der Waals surface area contributed by atoms with Gasteiger partial charge in [-0.15, -0.1) is 0 Å². The Morgan fingerprint density at radius 1 is 1.43 bits per heavy atom. The minimum atomic E-state index is -0.293. The highest BCUT2D eigenvalue weighted by atomic mass is 16.3. The van der Waals surface area contributed by atoms with Crippen LogP contribution >= 0.6 is 0 Å². The molecule has 3 aromatic rings. The van der Waals surface area contributed by atoms with Gasteiger partial charge in [-0.25, -0.2) is 4.98 Å². The van der Waals surface area contributed by atoms with Crippen LogP contribution in [0.2, 0.25) is 0 Å². The maximum absolute atomic E-state index is 12.3. The molecule has 0 aliphatic rings. The van der Waals surface area contributed by atoms with E-state index in [0.29, 0.717) is 16.8 Å². The minimum Gasteiger partial charge on any atom is -0.464 e. The molecule has 1 atom stereocenters. The Morgan fingerprint density at radius 3 is 2.91 bits per heavy atom. The van der Waals surface area contributed by atoms with Crippen molar-refractivity contribution in [3.8, 4) is 0 Å². The summed E-state index contributed by atoms with van der Waals surface area (Å²) in [5.41, 5.74) is 0.200. The van der Waals surface area contributed by atoms with E-state index in [1.165, 1.54) is 21.8 Å². The third kappa shape index (κ3) is 2.87. The second-order valence-electron chi connectivity index (χ2n) is 5.42.